The normalized spacial score (nSPS) is 11.0. The number of aromatic nitrogens is 2. The van der Waals surface area contributed by atoms with Crippen molar-refractivity contribution < 1.29 is 5.11 Å². The second-order valence-electron chi connectivity index (χ2n) is 4.27. The third kappa shape index (κ3) is 1.60. The van der Waals surface area contributed by atoms with E-state index in [1.165, 1.54) is 0 Å². The number of aliphatic hydroxyl groups is 1. The van der Waals surface area contributed by atoms with Crippen LogP contribution in [0.15, 0.2) is 48.5 Å². The van der Waals surface area contributed by atoms with Gasteiger partial charge in [0.2, 0.25) is 0 Å². The Labute approximate surface area is 105 Å². The summed E-state index contributed by atoms with van der Waals surface area (Å²) in [7, 11) is 0. The summed E-state index contributed by atoms with van der Waals surface area (Å²) in [5.41, 5.74) is 3.87. The second kappa shape index (κ2) is 4.27. The van der Waals surface area contributed by atoms with Crippen LogP contribution in [0.25, 0.3) is 16.7 Å². The van der Waals surface area contributed by atoms with Gasteiger partial charge in [0.05, 0.1) is 17.6 Å². The van der Waals surface area contributed by atoms with E-state index in [0.29, 0.717) is 0 Å². The number of fused-ring (bicyclic) bond motifs is 1. The van der Waals surface area contributed by atoms with Gasteiger partial charge in [-0.1, -0.05) is 30.3 Å². The van der Waals surface area contributed by atoms with Crippen LogP contribution in [0, 0.1) is 6.92 Å². The minimum atomic E-state index is 0.0165. The molecular formula is C15H14N2O. The van der Waals surface area contributed by atoms with Crippen LogP contribution in [0.1, 0.15) is 11.4 Å². The topological polar surface area (TPSA) is 38.1 Å². The van der Waals surface area contributed by atoms with E-state index in [1.807, 2.05) is 43.3 Å². The van der Waals surface area contributed by atoms with Gasteiger partial charge in [0.25, 0.3) is 0 Å². The summed E-state index contributed by atoms with van der Waals surface area (Å²) in [6, 6.07) is 16.0. The Kier molecular flexibility index (Phi) is 2.61. The standard InChI is InChI=1S/C15H14N2O/c1-11-16-15-12(10-18)6-5-9-14(15)17(11)13-7-3-2-4-8-13/h2-9,18H,10H2,1H3. The number of imidazole rings is 1. The van der Waals surface area contributed by atoms with Crippen LogP contribution in [0.2, 0.25) is 0 Å². The number of benzene rings is 2. The summed E-state index contributed by atoms with van der Waals surface area (Å²) in [5.74, 6) is 0.928. The van der Waals surface area contributed by atoms with Crippen LogP contribution in [-0.4, -0.2) is 14.7 Å². The first kappa shape index (κ1) is 11.0. The smallest absolute Gasteiger partial charge is 0.111 e. The van der Waals surface area contributed by atoms with Crippen molar-refractivity contribution in [1.29, 1.82) is 0 Å². The van der Waals surface area contributed by atoms with Gasteiger partial charge in [-0.3, -0.25) is 4.57 Å². The molecule has 0 saturated carbocycles. The maximum absolute atomic E-state index is 9.36. The van der Waals surface area contributed by atoms with Gasteiger partial charge < -0.3 is 5.11 Å². The van der Waals surface area contributed by atoms with E-state index >= 15 is 0 Å². The van der Waals surface area contributed by atoms with Crippen molar-refractivity contribution in [1.82, 2.24) is 9.55 Å². The lowest BCUT2D eigenvalue weighted by atomic mass is 10.2. The van der Waals surface area contributed by atoms with E-state index in [0.717, 1.165) is 28.1 Å². The molecule has 0 amide bonds. The maximum Gasteiger partial charge on any atom is 0.111 e. The fraction of sp³-hybridized carbons (Fsp3) is 0.133. The number of rotatable bonds is 2. The van der Waals surface area contributed by atoms with Crippen LogP contribution >= 0.6 is 0 Å². The average Bonchev–Trinajstić information content (AvgIpc) is 2.75. The molecule has 18 heavy (non-hydrogen) atoms. The van der Waals surface area contributed by atoms with Gasteiger partial charge in [-0.2, -0.15) is 0 Å². The number of hydrogen-bond acceptors (Lipinski definition) is 2. The largest absolute Gasteiger partial charge is 0.392 e. The predicted molar refractivity (Wildman–Crippen MR) is 71.7 cm³/mol. The first-order valence-corrected chi connectivity index (χ1v) is 5.94. The fourth-order valence-electron chi connectivity index (χ4n) is 2.30. The number of hydrogen-bond donors (Lipinski definition) is 1. The fourth-order valence-corrected chi connectivity index (χ4v) is 2.30. The van der Waals surface area contributed by atoms with Gasteiger partial charge in [0, 0.05) is 11.3 Å². The van der Waals surface area contributed by atoms with E-state index in [4.69, 9.17) is 0 Å². The maximum atomic E-state index is 9.36. The van der Waals surface area contributed by atoms with Crippen LogP contribution in [0.3, 0.4) is 0 Å². The number of aliphatic hydroxyl groups excluding tert-OH is 1. The highest BCUT2D eigenvalue weighted by Gasteiger charge is 2.11. The molecule has 0 atom stereocenters. The first-order valence-electron chi connectivity index (χ1n) is 5.94. The Morgan fingerprint density at radius 3 is 2.56 bits per heavy atom. The zero-order valence-electron chi connectivity index (χ0n) is 10.2. The number of aryl methyl sites for hydroxylation is 1. The van der Waals surface area contributed by atoms with E-state index in [2.05, 4.69) is 21.7 Å². The molecule has 90 valence electrons. The Balaban J connectivity index is 2.34. The van der Waals surface area contributed by atoms with Crippen molar-refractivity contribution in [2.75, 3.05) is 0 Å². The summed E-state index contributed by atoms with van der Waals surface area (Å²) in [6.45, 7) is 2.00. The lowest BCUT2D eigenvalue weighted by molar-refractivity contribution is 0.283. The molecule has 0 aliphatic carbocycles. The van der Waals surface area contributed by atoms with E-state index in [9.17, 15) is 5.11 Å². The van der Waals surface area contributed by atoms with Crippen LogP contribution in [-0.2, 0) is 6.61 Å². The lowest BCUT2D eigenvalue weighted by Gasteiger charge is -2.06. The molecule has 0 spiro atoms. The minimum absolute atomic E-state index is 0.0165. The van der Waals surface area contributed by atoms with Gasteiger partial charge in [-0.25, -0.2) is 4.98 Å². The highest BCUT2D eigenvalue weighted by molar-refractivity contribution is 5.81. The summed E-state index contributed by atoms with van der Waals surface area (Å²) >= 11 is 0. The average molecular weight is 238 g/mol. The van der Waals surface area contributed by atoms with Gasteiger partial charge >= 0.3 is 0 Å². The molecule has 1 aromatic heterocycles. The quantitative estimate of drug-likeness (QED) is 0.745. The van der Waals surface area contributed by atoms with Crippen LogP contribution in [0.4, 0.5) is 0 Å². The molecule has 0 radical (unpaired) electrons. The first-order chi connectivity index (χ1) is 8.81. The van der Waals surface area contributed by atoms with Crippen molar-refractivity contribution in [3.8, 4) is 5.69 Å². The Bertz CT molecular complexity index is 686. The van der Waals surface area contributed by atoms with Crippen LogP contribution < -0.4 is 0 Å². The van der Waals surface area contributed by atoms with Crippen molar-refractivity contribution in [3.05, 3.63) is 59.9 Å². The molecule has 3 nitrogen and oxygen atoms in total. The summed E-state index contributed by atoms with van der Waals surface area (Å²) < 4.78 is 2.11. The molecule has 0 saturated heterocycles. The van der Waals surface area contributed by atoms with Gasteiger partial charge in [-0.15, -0.1) is 0 Å². The zero-order chi connectivity index (χ0) is 12.5. The SMILES string of the molecule is Cc1nc2c(CO)cccc2n1-c1ccccc1. The van der Waals surface area contributed by atoms with Crippen molar-refractivity contribution in [2.45, 2.75) is 13.5 Å². The molecule has 0 unspecified atom stereocenters. The lowest BCUT2D eigenvalue weighted by Crippen LogP contribution is -1.96. The monoisotopic (exact) mass is 238 g/mol. The second-order valence-corrected chi connectivity index (χ2v) is 4.27. The van der Waals surface area contributed by atoms with Crippen molar-refractivity contribution in [3.63, 3.8) is 0 Å². The molecule has 1 N–H and O–H groups in total. The Hall–Kier alpha value is -2.13. The van der Waals surface area contributed by atoms with E-state index < -0.39 is 0 Å². The van der Waals surface area contributed by atoms with Crippen molar-refractivity contribution in [2.24, 2.45) is 0 Å². The summed E-state index contributed by atoms with van der Waals surface area (Å²) in [6.07, 6.45) is 0. The van der Waals surface area contributed by atoms with Gasteiger partial charge in [0.1, 0.15) is 5.82 Å². The molecule has 0 aliphatic heterocycles. The van der Waals surface area contributed by atoms with E-state index in [1.54, 1.807) is 0 Å². The molecule has 0 bridgehead atoms. The highest BCUT2D eigenvalue weighted by Crippen LogP contribution is 2.23. The van der Waals surface area contributed by atoms with Crippen LogP contribution in [0.5, 0.6) is 0 Å². The van der Waals surface area contributed by atoms with E-state index in [-0.39, 0.29) is 6.61 Å². The summed E-state index contributed by atoms with van der Waals surface area (Å²) in [4.78, 5) is 4.56. The third-order valence-electron chi connectivity index (χ3n) is 3.12. The molecule has 3 heteroatoms. The zero-order valence-corrected chi connectivity index (χ0v) is 10.2. The summed E-state index contributed by atoms with van der Waals surface area (Å²) in [5, 5.41) is 9.36. The number of para-hydroxylation sites is 2. The van der Waals surface area contributed by atoms with Gasteiger partial charge in [-0.05, 0) is 25.1 Å². The molecule has 0 aliphatic rings. The molecular weight excluding hydrogens is 224 g/mol. The number of nitrogens with zero attached hydrogens (tertiary/aromatic N) is 2. The predicted octanol–water partition coefficient (Wildman–Crippen LogP) is 2.83. The molecule has 3 aromatic rings. The Morgan fingerprint density at radius 2 is 1.83 bits per heavy atom. The van der Waals surface area contributed by atoms with Crippen molar-refractivity contribution >= 4 is 11.0 Å². The molecule has 2 aromatic carbocycles. The third-order valence-corrected chi connectivity index (χ3v) is 3.12. The molecule has 3 rings (SSSR count). The minimum Gasteiger partial charge on any atom is -0.392 e. The molecule has 0 fully saturated rings. The highest BCUT2D eigenvalue weighted by atomic mass is 16.3. The Morgan fingerprint density at radius 1 is 1.06 bits per heavy atom. The molecule has 1 heterocycles. The van der Waals surface area contributed by atoms with Gasteiger partial charge in [0.15, 0.2) is 0 Å².